The summed E-state index contributed by atoms with van der Waals surface area (Å²) < 4.78 is 0. The summed E-state index contributed by atoms with van der Waals surface area (Å²) in [5, 5.41) is 0. The summed E-state index contributed by atoms with van der Waals surface area (Å²) in [6.45, 7) is 9.34. The number of hydrogen-bond acceptors (Lipinski definition) is 1. The lowest BCUT2D eigenvalue weighted by Crippen LogP contribution is -2.40. The van der Waals surface area contributed by atoms with Crippen molar-refractivity contribution in [2.24, 2.45) is 23.2 Å². The Morgan fingerprint density at radius 1 is 1.21 bits per heavy atom. The van der Waals surface area contributed by atoms with Crippen molar-refractivity contribution in [1.29, 1.82) is 0 Å². The lowest BCUT2D eigenvalue weighted by molar-refractivity contribution is -0.114. The van der Waals surface area contributed by atoms with Crippen LogP contribution in [0.4, 0.5) is 0 Å². The maximum absolute atomic E-state index is 11.8. The molecule has 2 fully saturated rings. The molecule has 0 N–H and O–H groups in total. The predicted molar refractivity (Wildman–Crippen MR) is 99.7 cm³/mol. The minimum absolute atomic E-state index is 0.352. The van der Waals surface area contributed by atoms with Gasteiger partial charge in [0, 0.05) is 6.42 Å². The van der Waals surface area contributed by atoms with E-state index in [1.165, 1.54) is 56.1 Å². The molecule has 0 heterocycles. The molecule has 4 aliphatic carbocycles. The molecule has 0 saturated heterocycles. The van der Waals surface area contributed by atoms with Crippen molar-refractivity contribution >= 4 is 5.78 Å². The van der Waals surface area contributed by atoms with Gasteiger partial charge in [0.2, 0.25) is 0 Å². The standard InChI is InChI=1S/C23H32O/c1-4-5-15(2)21-10-11-22-20-8-6-16-14-17(24)7-9-18(16)19(20)12-13-23(21,22)3/h14,20-22H,2,4-13H2,1,3H3. The molecule has 2 saturated carbocycles. The number of carbonyl (C=O) groups excluding carboxylic acids is 1. The van der Waals surface area contributed by atoms with E-state index in [9.17, 15) is 4.79 Å². The van der Waals surface area contributed by atoms with Crippen LogP contribution >= 0.6 is 0 Å². The fourth-order valence-electron chi connectivity index (χ4n) is 6.70. The molecule has 4 rings (SSSR count). The predicted octanol–water partition coefficient (Wildman–Crippen LogP) is 6.16. The topological polar surface area (TPSA) is 17.1 Å². The lowest BCUT2D eigenvalue weighted by atomic mass is 9.55. The van der Waals surface area contributed by atoms with Crippen molar-refractivity contribution in [3.05, 3.63) is 34.9 Å². The molecule has 0 spiro atoms. The minimum atomic E-state index is 0.352. The molecular formula is C23H32O. The molecular weight excluding hydrogens is 292 g/mol. The van der Waals surface area contributed by atoms with Gasteiger partial charge in [0.05, 0.1) is 0 Å². The fraction of sp³-hybridized carbons (Fsp3) is 0.696. The summed E-state index contributed by atoms with van der Waals surface area (Å²) >= 11 is 0. The number of rotatable bonds is 3. The number of allylic oxidation sites excluding steroid dienone is 5. The Morgan fingerprint density at radius 2 is 2.04 bits per heavy atom. The zero-order valence-corrected chi connectivity index (χ0v) is 15.5. The highest BCUT2D eigenvalue weighted by atomic mass is 16.1. The van der Waals surface area contributed by atoms with Gasteiger partial charge in [-0.2, -0.15) is 0 Å². The van der Waals surface area contributed by atoms with Crippen LogP contribution in [0.25, 0.3) is 0 Å². The highest BCUT2D eigenvalue weighted by molar-refractivity contribution is 5.93. The molecule has 0 bridgehead atoms. The monoisotopic (exact) mass is 324 g/mol. The summed E-state index contributed by atoms with van der Waals surface area (Å²) in [6.07, 6.45) is 14.0. The third-order valence-corrected chi connectivity index (χ3v) is 7.80. The van der Waals surface area contributed by atoms with E-state index in [0.717, 1.165) is 37.0 Å². The maximum atomic E-state index is 11.8. The summed E-state index contributed by atoms with van der Waals surface area (Å²) in [5.74, 6) is 2.75. The van der Waals surface area contributed by atoms with Gasteiger partial charge in [-0.05, 0) is 91.8 Å². The van der Waals surface area contributed by atoms with Crippen LogP contribution < -0.4 is 0 Å². The van der Waals surface area contributed by atoms with E-state index in [4.69, 9.17) is 0 Å². The largest absolute Gasteiger partial charge is 0.295 e. The summed E-state index contributed by atoms with van der Waals surface area (Å²) in [5.41, 5.74) is 6.75. The van der Waals surface area contributed by atoms with Gasteiger partial charge in [0.1, 0.15) is 0 Å². The first-order valence-electron chi connectivity index (χ1n) is 10.2. The number of carbonyl (C=O) groups is 1. The first-order chi connectivity index (χ1) is 11.5. The quantitative estimate of drug-likeness (QED) is 0.568. The van der Waals surface area contributed by atoms with E-state index >= 15 is 0 Å². The zero-order valence-electron chi connectivity index (χ0n) is 15.5. The van der Waals surface area contributed by atoms with Crippen LogP contribution in [0.15, 0.2) is 34.9 Å². The van der Waals surface area contributed by atoms with E-state index in [-0.39, 0.29) is 0 Å². The summed E-state index contributed by atoms with van der Waals surface area (Å²) in [4.78, 5) is 11.8. The van der Waals surface area contributed by atoms with Crippen LogP contribution in [-0.2, 0) is 4.79 Å². The van der Waals surface area contributed by atoms with E-state index in [1.54, 1.807) is 11.1 Å². The van der Waals surface area contributed by atoms with Gasteiger partial charge in [-0.25, -0.2) is 0 Å². The van der Waals surface area contributed by atoms with Gasteiger partial charge in [0.15, 0.2) is 5.78 Å². The summed E-state index contributed by atoms with van der Waals surface area (Å²) in [7, 11) is 0. The van der Waals surface area contributed by atoms with E-state index in [1.807, 2.05) is 6.08 Å². The second kappa shape index (κ2) is 6.00. The first kappa shape index (κ1) is 16.4. The van der Waals surface area contributed by atoms with E-state index < -0.39 is 0 Å². The fourth-order valence-corrected chi connectivity index (χ4v) is 6.70. The second-order valence-corrected chi connectivity index (χ2v) is 8.94. The second-order valence-electron chi connectivity index (χ2n) is 8.94. The number of fused-ring (bicyclic) bond motifs is 4. The van der Waals surface area contributed by atoms with Crippen LogP contribution in [-0.4, -0.2) is 5.78 Å². The third-order valence-electron chi connectivity index (χ3n) is 7.80. The molecule has 1 nitrogen and oxygen atoms in total. The molecule has 130 valence electrons. The van der Waals surface area contributed by atoms with Crippen LogP contribution in [0.3, 0.4) is 0 Å². The van der Waals surface area contributed by atoms with Crippen molar-refractivity contribution in [2.45, 2.75) is 78.1 Å². The molecule has 0 aromatic carbocycles. The average Bonchev–Trinajstić information content (AvgIpc) is 2.92. The Morgan fingerprint density at radius 3 is 2.83 bits per heavy atom. The zero-order chi connectivity index (χ0) is 16.9. The third kappa shape index (κ3) is 2.38. The maximum Gasteiger partial charge on any atom is 0.156 e. The van der Waals surface area contributed by atoms with Crippen LogP contribution in [0, 0.1) is 23.2 Å². The minimum Gasteiger partial charge on any atom is -0.295 e. The van der Waals surface area contributed by atoms with Crippen LogP contribution in [0.5, 0.6) is 0 Å². The van der Waals surface area contributed by atoms with Crippen molar-refractivity contribution < 1.29 is 4.79 Å². The molecule has 0 aliphatic heterocycles. The van der Waals surface area contributed by atoms with Gasteiger partial charge in [-0.15, -0.1) is 0 Å². The number of ketones is 1. The van der Waals surface area contributed by atoms with Crippen molar-refractivity contribution in [1.82, 2.24) is 0 Å². The molecule has 4 unspecified atom stereocenters. The first-order valence-corrected chi connectivity index (χ1v) is 10.2. The Labute approximate surface area is 147 Å². The van der Waals surface area contributed by atoms with E-state index in [2.05, 4.69) is 20.4 Å². The molecule has 4 atom stereocenters. The van der Waals surface area contributed by atoms with Gasteiger partial charge >= 0.3 is 0 Å². The van der Waals surface area contributed by atoms with Crippen molar-refractivity contribution in [3.63, 3.8) is 0 Å². The highest BCUT2D eigenvalue weighted by Crippen LogP contribution is 2.63. The molecule has 4 aliphatic rings. The molecule has 1 heteroatoms. The lowest BCUT2D eigenvalue weighted by Gasteiger charge is -2.49. The highest BCUT2D eigenvalue weighted by Gasteiger charge is 2.53. The molecule has 24 heavy (non-hydrogen) atoms. The SMILES string of the molecule is C=C(CCC)C1CCC2C3CCC4=CC(=O)CCC4=C3CCC12C. The Balaban J connectivity index is 1.65. The molecule has 0 amide bonds. The van der Waals surface area contributed by atoms with Gasteiger partial charge in [-0.3, -0.25) is 4.79 Å². The van der Waals surface area contributed by atoms with Crippen LogP contribution in [0.2, 0.25) is 0 Å². The Hall–Kier alpha value is -1.11. The Kier molecular flexibility index (Phi) is 4.09. The average molecular weight is 325 g/mol. The normalized spacial score (nSPS) is 38.3. The van der Waals surface area contributed by atoms with Gasteiger partial charge in [-0.1, -0.05) is 38.0 Å². The Bertz CT molecular complexity index is 634. The van der Waals surface area contributed by atoms with Crippen LogP contribution in [0.1, 0.15) is 78.1 Å². The van der Waals surface area contributed by atoms with Crippen molar-refractivity contribution in [3.8, 4) is 0 Å². The molecule has 0 radical (unpaired) electrons. The van der Waals surface area contributed by atoms with E-state index in [0.29, 0.717) is 11.2 Å². The molecule has 0 aromatic heterocycles. The van der Waals surface area contributed by atoms with Gasteiger partial charge in [0.25, 0.3) is 0 Å². The molecule has 0 aromatic rings. The smallest absolute Gasteiger partial charge is 0.156 e. The number of hydrogen-bond donors (Lipinski definition) is 0. The van der Waals surface area contributed by atoms with Crippen molar-refractivity contribution in [2.75, 3.05) is 0 Å². The summed E-state index contributed by atoms with van der Waals surface area (Å²) in [6, 6.07) is 0. The van der Waals surface area contributed by atoms with Gasteiger partial charge < -0.3 is 0 Å².